The van der Waals surface area contributed by atoms with Crippen LogP contribution in [-0.2, 0) is 4.79 Å². The van der Waals surface area contributed by atoms with Crippen molar-refractivity contribution in [3.63, 3.8) is 0 Å². The molecular formula is C22H19ClFN3O2S. The molecule has 2 heterocycles. The Bertz CT molecular complexity index is 1050. The highest BCUT2D eigenvalue weighted by Gasteiger charge is 2.33. The first-order chi connectivity index (χ1) is 14.5. The SMILES string of the molecule is O=C(c1ccc(F)cc1)N1CCCCC(Sc2nccn2-c2ccc(Cl)cc2)C1=O. The third kappa shape index (κ3) is 4.42. The number of carbonyl (C=O) groups excluding carboxylic acids is 2. The van der Waals surface area contributed by atoms with Gasteiger partial charge < -0.3 is 0 Å². The zero-order chi connectivity index (χ0) is 21.1. The van der Waals surface area contributed by atoms with Crippen LogP contribution in [0.25, 0.3) is 5.69 Å². The van der Waals surface area contributed by atoms with E-state index in [2.05, 4.69) is 4.98 Å². The first kappa shape index (κ1) is 20.6. The van der Waals surface area contributed by atoms with Crippen molar-refractivity contribution in [1.29, 1.82) is 0 Å². The van der Waals surface area contributed by atoms with Gasteiger partial charge in [0, 0.05) is 35.2 Å². The van der Waals surface area contributed by atoms with Gasteiger partial charge in [-0.25, -0.2) is 9.37 Å². The number of benzene rings is 2. The second-order valence-electron chi connectivity index (χ2n) is 6.96. The molecule has 1 atom stereocenters. The molecule has 1 fully saturated rings. The summed E-state index contributed by atoms with van der Waals surface area (Å²) in [6.07, 6.45) is 5.73. The lowest BCUT2D eigenvalue weighted by Crippen LogP contribution is -2.41. The van der Waals surface area contributed by atoms with E-state index < -0.39 is 17.0 Å². The molecule has 0 N–H and O–H groups in total. The summed E-state index contributed by atoms with van der Waals surface area (Å²) in [5.41, 5.74) is 1.19. The van der Waals surface area contributed by atoms with Gasteiger partial charge in [0.1, 0.15) is 5.82 Å². The normalized spacial score (nSPS) is 17.1. The Morgan fingerprint density at radius 1 is 1.10 bits per heavy atom. The highest BCUT2D eigenvalue weighted by molar-refractivity contribution is 8.00. The van der Waals surface area contributed by atoms with Crippen molar-refractivity contribution in [1.82, 2.24) is 14.5 Å². The molecule has 2 aromatic carbocycles. The van der Waals surface area contributed by atoms with Crippen LogP contribution in [0.5, 0.6) is 0 Å². The fourth-order valence-corrected chi connectivity index (χ4v) is 4.66. The second kappa shape index (κ2) is 9.02. The average molecular weight is 444 g/mol. The number of carbonyl (C=O) groups is 2. The van der Waals surface area contributed by atoms with Crippen molar-refractivity contribution < 1.29 is 14.0 Å². The smallest absolute Gasteiger partial charge is 0.260 e. The number of halogens is 2. The molecule has 1 aliphatic heterocycles. The molecule has 0 saturated carbocycles. The Hall–Kier alpha value is -2.64. The monoisotopic (exact) mass is 443 g/mol. The third-order valence-corrected chi connectivity index (χ3v) is 6.42. The summed E-state index contributed by atoms with van der Waals surface area (Å²) in [5, 5.41) is 0.888. The van der Waals surface area contributed by atoms with Gasteiger partial charge in [0.05, 0.1) is 5.25 Å². The maximum Gasteiger partial charge on any atom is 0.260 e. The number of hydrogen-bond acceptors (Lipinski definition) is 4. The summed E-state index contributed by atoms with van der Waals surface area (Å²) in [6, 6.07) is 12.6. The topological polar surface area (TPSA) is 55.2 Å². The summed E-state index contributed by atoms with van der Waals surface area (Å²) in [5.74, 6) is -1.05. The van der Waals surface area contributed by atoms with Gasteiger partial charge in [-0.1, -0.05) is 29.8 Å². The average Bonchev–Trinajstić information content (AvgIpc) is 3.13. The fourth-order valence-electron chi connectivity index (χ4n) is 3.37. The molecule has 3 aromatic rings. The molecule has 1 unspecified atom stereocenters. The van der Waals surface area contributed by atoms with Crippen molar-refractivity contribution in [3.8, 4) is 5.69 Å². The highest BCUT2D eigenvalue weighted by atomic mass is 35.5. The number of amides is 2. The first-order valence-corrected chi connectivity index (χ1v) is 10.9. The zero-order valence-corrected chi connectivity index (χ0v) is 17.6. The van der Waals surface area contributed by atoms with Gasteiger partial charge in [-0.15, -0.1) is 0 Å². The summed E-state index contributed by atoms with van der Waals surface area (Å²) < 4.78 is 15.1. The van der Waals surface area contributed by atoms with Crippen LogP contribution in [0, 0.1) is 5.82 Å². The molecule has 4 rings (SSSR count). The fraction of sp³-hybridized carbons (Fsp3) is 0.227. The Balaban J connectivity index is 1.55. The lowest BCUT2D eigenvalue weighted by Gasteiger charge is -2.22. The van der Waals surface area contributed by atoms with E-state index in [1.807, 2.05) is 22.9 Å². The Morgan fingerprint density at radius 3 is 2.57 bits per heavy atom. The van der Waals surface area contributed by atoms with E-state index in [4.69, 9.17) is 11.6 Å². The molecule has 0 radical (unpaired) electrons. The van der Waals surface area contributed by atoms with Crippen LogP contribution >= 0.6 is 23.4 Å². The number of aromatic nitrogens is 2. The van der Waals surface area contributed by atoms with Crippen molar-refractivity contribution >= 4 is 35.2 Å². The summed E-state index contributed by atoms with van der Waals surface area (Å²) >= 11 is 7.33. The summed E-state index contributed by atoms with van der Waals surface area (Å²) in [6.45, 7) is 0.359. The van der Waals surface area contributed by atoms with Gasteiger partial charge in [-0.2, -0.15) is 0 Å². The van der Waals surface area contributed by atoms with E-state index in [0.717, 1.165) is 18.5 Å². The van der Waals surface area contributed by atoms with Crippen molar-refractivity contribution in [2.24, 2.45) is 0 Å². The zero-order valence-electron chi connectivity index (χ0n) is 16.0. The first-order valence-electron chi connectivity index (χ1n) is 9.60. The van der Waals surface area contributed by atoms with Crippen molar-refractivity contribution in [2.45, 2.75) is 29.7 Å². The molecule has 2 amide bonds. The van der Waals surface area contributed by atoms with Crippen LogP contribution in [-0.4, -0.2) is 38.1 Å². The summed E-state index contributed by atoms with van der Waals surface area (Å²) in [7, 11) is 0. The number of imidazole rings is 1. The van der Waals surface area contributed by atoms with Crippen LogP contribution in [0.3, 0.4) is 0 Å². The summed E-state index contributed by atoms with van der Waals surface area (Å²) in [4.78, 5) is 31.8. The maximum absolute atomic E-state index is 13.2. The quantitative estimate of drug-likeness (QED) is 0.534. The number of rotatable bonds is 4. The number of nitrogens with zero attached hydrogens (tertiary/aromatic N) is 3. The number of thioether (sulfide) groups is 1. The van der Waals surface area contributed by atoms with Crippen LogP contribution in [0.4, 0.5) is 4.39 Å². The van der Waals surface area contributed by atoms with Crippen molar-refractivity contribution in [2.75, 3.05) is 6.54 Å². The van der Waals surface area contributed by atoms with Crippen LogP contribution in [0.15, 0.2) is 66.1 Å². The molecule has 8 heteroatoms. The third-order valence-electron chi connectivity index (χ3n) is 4.94. The van der Waals surface area contributed by atoms with Gasteiger partial charge in [0.25, 0.3) is 5.91 Å². The number of likely N-dealkylation sites (tertiary alicyclic amines) is 1. The molecule has 5 nitrogen and oxygen atoms in total. The molecule has 0 spiro atoms. The predicted octanol–water partition coefficient (Wildman–Crippen LogP) is 4.98. The van der Waals surface area contributed by atoms with E-state index in [9.17, 15) is 14.0 Å². The molecule has 30 heavy (non-hydrogen) atoms. The van der Waals surface area contributed by atoms with Crippen LogP contribution in [0.1, 0.15) is 29.6 Å². The molecule has 1 saturated heterocycles. The lowest BCUT2D eigenvalue weighted by atomic mass is 10.2. The Labute approximate surface area is 182 Å². The van der Waals surface area contributed by atoms with Gasteiger partial charge in [0.15, 0.2) is 5.16 Å². The van der Waals surface area contributed by atoms with Gasteiger partial charge in [-0.3, -0.25) is 19.1 Å². The Kier molecular flexibility index (Phi) is 6.20. The van der Waals surface area contributed by atoms with Gasteiger partial charge in [-0.05, 0) is 61.4 Å². The second-order valence-corrected chi connectivity index (χ2v) is 8.57. The molecule has 0 aliphatic carbocycles. The standard InChI is InChI=1S/C22H19ClFN3O2S/c23-16-6-10-18(11-7-16)26-14-12-25-22(26)30-19-3-1-2-13-27(21(19)29)20(28)15-4-8-17(24)9-5-15/h4-12,14,19H,1-3,13H2. The van der Waals surface area contributed by atoms with Gasteiger partial charge in [0.2, 0.25) is 5.91 Å². The maximum atomic E-state index is 13.2. The van der Waals surface area contributed by atoms with Crippen LogP contribution in [0.2, 0.25) is 5.02 Å². The minimum Gasteiger partial charge on any atom is -0.295 e. The molecule has 1 aromatic heterocycles. The lowest BCUT2D eigenvalue weighted by molar-refractivity contribution is -0.127. The number of hydrogen-bond donors (Lipinski definition) is 0. The molecular weight excluding hydrogens is 425 g/mol. The molecule has 0 bridgehead atoms. The highest BCUT2D eigenvalue weighted by Crippen LogP contribution is 2.31. The van der Waals surface area contributed by atoms with Crippen LogP contribution < -0.4 is 0 Å². The minimum atomic E-state index is -0.426. The van der Waals surface area contributed by atoms with Gasteiger partial charge >= 0.3 is 0 Å². The largest absolute Gasteiger partial charge is 0.295 e. The minimum absolute atomic E-state index is 0.238. The van der Waals surface area contributed by atoms with E-state index >= 15 is 0 Å². The predicted molar refractivity (Wildman–Crippen MR) is 115 cm³/mol. The van der Waals surface area contributed by atoms with E-state index in [-0.39, 0.29) is 5.91 Å². The van der Waals surface area contributed by atoms with E-state index in [1.165, 1.54) is 40.9 Å². The number of imide groups is 1. The Morgan fingerprint density at radius 2 is 1.83 bits per heavy atom. The molecule has 154 valence electrons. The molecule has 1 aliphatic rings. The van der Waals surface area contributed by atoms with Crippen molar-refractivity contribution in [3.05, 3.63) is 77.3 Å². The van der Waals surface area contributed by atoms with E-state index in [0.29, 0.717) is 28.7 Å². The van der Waals surface area contributed by atoms with E-state index in [1.54, 1.807) is 18.3 Å².